The summed E-state index contributed by atoms with van der Waals surface area (Å²) in [6.45, 7) is 1.43. The summed E-state index contributed by atoms with van der Waals surface area (Å²) in [5, 5.41) is 2.19. The highest BCUT2D eigenvalue weighted by Crippen LogP contribution is 2.35. The van der Waals surface area contributed by atoms with E-state index in [1.165, 1.54) is 32.4 Å². The fourth-order valence-corrected chi connectivity index (χ4v) is 3.41. The normalized spacial score (nSPS) is 14.9. The molecule has 1 saturated heterocycles. The monoisotopic (exact) mass is 502 g/mol. The number of barbiturate groups is 1. The molecule has 0 atom stereocenters. The van der Waals surface area contributed by atoms with Crippen molar-refractivity contribution in [2.75, 3.05) is 25.7 Å². The number of imide groups is 2. The summed E-state index contributed by atoms with van der Waals surface area (Å²) in [6, 6.07) is 9.08. The largest absolute Gasteiger partial charge is 0.493 e. The van der Waals surface area contributed by atoms with Crippen molar-refractivity contribution in [3.63, 3.8) is 0 Å². The molecule has 1 heterocycles. The molecule has 0 unspecified atom stereocenters. The van der Waals surface area contributed by atoms with E-state index < -0.39 is 23.8 Å². The molecule has 0 bridgehead atoms. The molecule has 0 aromatic heterocycles. The van der Waals surface area contributed by atoms with E-state index in [1.54, 1.807) is 31.2 Å². The number of ether oxygens (including phenoxy) is 3. The smallest absolute Gasteiger partial charge is 0.343 e. The van der Waals surface area contributed by atoms with E-state index >= 15 is 0 Å². The van der Waals surface area contributed by atoms with Crippen LogP contribution in [0.2, 0.25) is 0 Å². The zero-order valence-corrected chi connectivity index (χ0v) is 19.0. The first-order chi connectivity index (χ1) is 15.3. The number of carbonyl (C=O) groups excluding carboxylic acids is 4. The van der Waals surface area contributed by atoms with Gasteiger partial charge in [0.25, 0.3) is 11.8 Å². The molecule has 1 aliphatic rings. The maximum absolute atomic E-state index is 13.1. The number of aryl methyl sites for hydroxylation is 1. The van der Waals surface area contributed by atoms with Gasteiger partial charge in [-0.1, -0.05) is 34.1 Å². The second-order valence-corrected chi connectivity index (χ2v) is 7.49. The number of benzene rings is 2. The van der Waals surface area contributed by atoms with Crippen LogP contribution in [0.25, 0.3) is 6.08 Å². The fourth-order valence-electron chi connectivity index (χ4n) is 2.98. The summed E-state index contributed by atoms with van der Waals surface area (Å²) in [4.78, 5) is 50.2. The van der Waals surface area contributed by atoms with Gasteiger partial charge in [0.15, 0.2) is 18.1 Å². The van der Waals surface area contributed by atoms with Crippen molar-refractivity contribution >= 4 is 51.5 Å². The number of urea groups is 1. The highest BCUT2D eigenvalue weighted by Gasteiger charge is 2.37. The Hall–Kier alpha value is -3.66. The Morgan fingerprint density at radius 3 is 2.50 bits per heavy atom. The third kappa shape index (κ3) is 4.65. The van der Waals surface area contributed by atoms with Crippen LogP contribution in [0.4, 0.5) is 10.5 Å². The minimum atomic E-state index is -0.824. The molecule has 3 rings (SSSR count). The Morgan fingerprint density at radius 2 is 1.84 bits per heavy atom. The Balaban J connectivity index is 1.99. The maximum Gasteiger partial charge on any atom is 0.343 e. The van der Waals surface area contributed by atoms with E-state index in [1.807, 2.05) is 0 Å². The van der Waals surface area contributed by atoms with Gasteiger partial charge in [-0.3, -0.25) is 14.9 Å². The van der Waals surface area contributed by atoms with Gasteiger partial charge in [0.05, 0.1) is 19.9 Å². The predicted octanol–water partition coefficient (Wildman–Crippen LogP) is 2.98. The van der Waals surface area contributed by atoms with Gasteiger partial charge in [0.1, 0.15) is 5.57 Å². The van der Waals surface area contributed by atoms with E-state index in [0.29, 0.717) is 21.3 Å². The van der Waals surface area contributed by atoms with Gasteiger partial charge in [0, 0.05) is 4.47 Å². The van der Waals surface area contributed by atoms with Crippen LogP contribution < -0.4 is 19.7 Å². The number of hydrogen-bond acceptors (Lipinski definition) is 7. The average Bonchev–Trinajstić information content (AvgIpc) is 2.77. The van der Waals surface area contributed by atoms with Gasteiger partial charge in [0.2, 0.25) is 0 Å². The van der Waals surface area contributed by atoms with Crippen LogP contribution in [0.3, 0.4) is 0 Å². The molecule has 0 radical (unpaired) electrons. The number of esters is 1. The molecule has 1 fully saturated rings. The summed E-state index contributed by atoms with van der Waals surface area (Å²) in [7, 11) is 2.65. The lowest BCUT2D eigenvalue weighted by Crippen LogP contribution is -2.54. The van der Waals surface area contributed by atoms with E-state index in [2.05, 4.69) is 26.0 Å². The number of methoxy groups -OCH3 is 2. The number of carbonyl (C=O) groups is 4. The number of rotatable bonds is 6. The van der Waals surface area contributed by atoms with Crippen molar-refractivity contribution in [2.24, 2.45) is 0 Å². The number of hydrogen-bond donors (Lipinski definition) is 1. The SMILES string of the molecule is COC(=O)COc1cc(Br)c(/C=C2\C(=O)NC(=O)N(c3ccccc3C)C2=O)cc1OC. The van der Waals surface area contributed by atoms with Crippen LogP contribution >= 0.6 is 15.9 Å². The molecule has 2 aromatic carbocycles. The number of amides is 4. The lowest BCUT2D eigenvalue weighted by Gasteiger charge is -2.27. The molecule has 32 heavy (non-hydrogen) atoms. The number of para-hydroxylation sites is 1. The number of halogens is 1. The molecule has 0 spiro atoms. The van der Waals surface area contributed by atoms with Crippen LogP contribution in [0, 0.1) is 6.92 Å². The summed E-state index contributed by atoms with van der Waals surface area (Å²) in [5.41, 5.74) is 1.25. The third-order valence-corrected chi connectivity index (χ3v) is 5.30. The lowest BCUT2D eigenvalue weighted by atomic mass is 10.1. The Bertz CT molecular complexity index is 1140. The van der Waals surface area contributed by atoms with Crippen LogP contribution in [-0.4, -0.2) is 44.6 Å². The second-order valence-electron chi connectivity index (χ2n) is 6.63. The predicted molar refractivity (Wildman–Crippen MR) is 118 cm³/mol. The zero-order valence-electron chi connectivity index (χ0n) is 17.4. The standard InChI is InChI=1S/C22H19BrN2O7/c1-12-6-4-5-7-16(12)25-21(28)14(20(27)24-22(25)29)8-13-9-17(30-2)18(10-15(13)23)32-11-19(26)31-3/h4-10H,11H2,1-3H3,(H,24,27,29)/b14-8+. The van der Waals surface area contributed by atoms with Gasteiger partial charge >= 0.3 is 12.0 Å². The van der Waals surface area contributed by atoms with Crippen LogP contribution in [-0.2, 0) is 19.1 Å². The van der Waals surface area contributed by atoms with Crippen molar-refractivity contribution < 1.29 is 33.4 Å². The van der Waals surface area contributed by atoms with E-state index in [9.17, 15) is 19.2 Å². The van der Waals surface area contributed by atoms with E-state index in [0.717, 1.165) is 4.90 Å². The molecular weight excluding hydrogens is 484 g/mol. The van der Waals surface area contributed by atoms with Crippen molar-refractivity contribution in [3.8, 4) is 11.5 Å². The summed E-state index contributed by atoms with van der Waals surface area (Å²) >= 11 is 3.36. The van der Waals surface area contributed by atoms with Gasteiger partial charge in [-0.05, 0) is 42.3 Å². The molecule has 4 amide bonds. The van der Waals surface area contributed by atoms with E-state index in [4.69, 9.17) is 9.47 Å². The van der Waals surface area contributed by atoms with E-state index in [-0.39, 0.29) is 23.7 Å². The minimum Gasteiger partial charge on any atom is -0.493 e. The molecule has 10 heteroatoms. The molecule has 9 nitrogen and oxygen atoms in total. The molecular formula is C22H19BrN2O7. The highest BCUT2D eigenvalue weighted by molar-refractivity contribution is 9.10. The molecule has 1 aliphatic heterocycles. The van der Waals surface area contributed by atoms with Crippen LogP contribution in [0.1, 0.15) is 11.1 Å². The lowest BCUT2D eigenvalue weighted by molar-refractivity contribution is -0.143. The molecule has 1 N–H and O–H groups in total. The van der Waals surface area contributed by atoms with Crippen molar-refractivity contribution in [2.45, 2.75) is 6.92 Å². The highest BCUT2D eigenvalue weighted by atomic mass is 79.9. The molecule has 0 saturated carbocycles. The molecule has 0 aliphatic carbocycles. The fraction of sp³-hybridized carbons (Fsp3) is 0.182. The number of anilines is 1. The maximum atomic E-state index is 13.1. The zero-order chi connectivity index (χ0) is 23.4. The third-order valence-electron chi connectivity index (χ3n) is 4.61. The Kier molecular flexibility index (Phi) is 6.94. The first kappa shape index (κ1) is 23.0. The molecule has 2 aromatic rings. The van der Waals surface area contributed by atoms with Crippen LogP contribution in [0.5, 0.6) is 11.5 Å². The first-order valence-corrected chi connectivity index (χ1v) is 10.1. The summed E-state index contributed by atoms with van der Waals surface area (Å²) < 4.78 is 15.7. The van der Waals surface area contributed by atoms with Gasteiger partial charge in [-0.2, -0.15) is 0 Å². The number of nitrogens with zero attached hydrogens (tertiary/aromatic N) is 1. The average molecular weight is 503 g/mol. The number of nitrogens with one attached hydrogen (secondary N) is 1. The Morgan fingerprint density at radius 1 is 1.12 bits per heavy atom. The Labute approximate surface area is 192 Å². The second kappa shape index (κ2) is 9.65. The van der Waals surface area contributed by atoms with Crippen LogP contribution in [0.15, 0.2) is 46.4 Å². The van der Waals surface area contributed by atoms with Crippen molar-refractivity contribution in [3.05, 3.63) is 57.6 Å². The van der Waals surface area contributed by atoms with Crippen molar-refractivity contribution in [1.82, 2.24) is 5.32 Å². The van der Waals surface area contributed by atoms with Gasteiger partial charge in [-0.15, -0.1) is 0 Å². The summed E-state index contributed by atoms with van der Waals surface area (Å²) in [5.74, 6) is -1.63. The molecule has 166 valence electrons. The van der Waals surface area contributed by atoms with Gasteiger partial charge < -0.3 is 14.2 Å². The topological polar surface area (TPSA) is 111 Å². The minimum absolute atomic E-state index is 0.237. The van der Waals surface area contributed by atoms with Crippen molar-refractivity contribution in [1.29, 1.82) is 0 Å². The first-order valence-electron chi connectivity index (χ1n) is 9.31. The summed E-state index contributed by atoms with van der Waals surface area (Å²) in [6.07, 6.45) is 1.34. The quantitative estimate of drug-likeness (QED) is 0.367. The van der Waals surface area contributed by atoms with Gasteiger partial charge in [-0.25, -0.2) is 14.5 Å².